The van der Waals surface area contributed by atoms with Gasteiger partial charge in [-0.1, -0.05) is 6.58 Å². The highest BCUT2D eigenvalue weighted by Gasteiger charge is 2.27. The number of piperidine rings is 1. The number of rotatable bonds is 4. The molecule has 0 radical (unpaired) electrons. The highest BCUT2D eigenvalue weighted by molar-refractivity contribution is 6.38. The third-order valence-electron chi connectivity index (χ3n) is 5.22. The molecular formula is C21H25N3O2. The molecule has 3 rings (SSSR count). The van der Waals surface area contributed by atoms with Crippen molar-refractivity contribution in [2.24, 2.45) is 4.99 Å². The van der Waals surface area contributed by atoms with Crippen molar-refractivity contribution in [3.63, 3.8) is 0 Å². The minimum Gasteiger partial charge on any atom is -0.346 e. The van der Waals surface area contributed by atoms with Gasteiger partial charge in [0.1, 0.15) is 5.71 Å². The van der Waals surface area contributed by atoms with Gasteiger partial charge in [0.05, 0.1) is 0 Å². The van der Waals surface area contributed by atoms with Gasteiger partial charge in [0.2, 0.25) is 0 Å². The molecule has 5 nitrogen and oxygen atoms in total. The lowest BCUT2D eigenvalue weighted by molar-refractivity contribution is -0.115. The summed E-state index contributed by atoms with van der Waals surface area (Å²) in [5, 5.41) is 0. The molecule has 0 unspecified atom stereocenters. The van der Waals surface area contributed by atoms with Gasteiger partial charge < -0.3 is 9.80 Å². The topological polar surface area (TPSA) is 53.0 Å². The second kappa shape index (κ2) is 7.68. The van der Waals surface area contributed by atoms with Gasteiger partial charge in [0.15, 0.2) is 6.29 Å². The molecule has 0 saturated carbocycles. The predicted molar refractivity (Wildman–Crippen MR) is 106 cm³/mol. The Balaban J connectivity index is 1.81. The van der Waals surface area contributed by atoms with Crippen molar-refractivity contribution in [3.05, 3.63) is 47.7 Å². The number of amides is 1. The highest BCUT2D eigenvalue weighted by Crippen LogP contribution is 2.30. The molecule has 0 aromatic heterocycles. The van der Waals surface area contributed by atoms with Crippen molar-refractivity contribution in [1.29, 1.82) is 0 Å². The summed E-state index contributed by atoms with van der Waals surface area (Å²) in [5.74, 6) is -0.0654. The molecule has 5 heteroatoms. The van der Waals surface area contributed by atoms with Crippen molar-refractivity contribution in [2.45, 2.75) is 32.6 Å². The van der Waals surface area contributed by atoms with E-state index in [2.05, 4.69) is 28.6 Å². The minimum atomic E-state index is -0.0654. The van der Waals surface area contributed by atoms with Gasteiger partial charge in [-0.25, -0.2) is 0 Å². The smallest absolute Gasteiger partial charge is 0.254 e. The normalized spacial score (nSPS) is 19.2. The molecule has 2 aliphatic rings. The monoisotopic (exact) mass is 351 g/mol. The van der Waals surface area contributed by atoms with Crippen LogP contribution in [-0.4, -0.2) is 38.0 Å². The summed E-state index contributed by atoms with van der Waals surface area (Å²) >= 11 is 0. The Hall–Kier alpha value is -2.69. The predicted octanol–water partition coefficient (Wildman–Crippen LogP) is 3.51. The zero-order valence-electron chi connectivity index (χ0n) is 15.5. The fourth-order valence-corrected chi connectivity index (χ4v) is 3.69. The van der Waals surface area contributed by atoms with E-state index < -0.39 is 0 Å². The first-order chi connectivity index (χ1) is 12.6. The summed E-state index contributed by atoms with van der Waals surface area (Å²) in [5.41, 5.74) is 4.87. The Morgan fingerprint density at radius 3 is 2.31 bits per heavy atom. The summed E-state index contributed by atoms with van der Waals surface area (Å²) in [7, 11) is 1.58. The van der Waals surface area contributed by atoms with Crippen molar-refractivity contribution in [1.82, 2.24) is 0 Å². The van der Waals surface area contributed by atoms with Gasteiger partial charge in [0, 0.05) is 42.8 Å². The number of nitrogens with zero attached hydrogens (tertiary/aromatic N) is 3. The van der Waals surface area contributed by atoms with E-state index >= 15 is 0 Å². The Morgan fingerprint density at radius 2 is 1.73 bits per heavy atom. The number of carbonyl (C=O) groups excluding carboxylic acids is 2. The minimum absolute atomic E-state index is 0.0654. The zero-order valence-corrected chi connectivity index (χ0v) is 15.5. The van der Waals surface area contributed by atoms with Gasteiger partial charge in [-0.15, -0.1) is 0 Å². The van der Waals surface area contributed by atoms with E-state index in [4.69, 9.17) is 0 Å². The first-order valence-corrected chi connectivity index (χ1v) is 9.06. The summed E-state index contributed by atoms with van der Waals surface area (Å²) < 4.78 is 0. The maximum atomic E-state index is 12.8. The van der Waals surface area contributed by atoms with Gasteiger partial charge in [-0.2, -0.15) is 0 Å². The molecule has 2 heterocycles. The fraction of sp³-hybridized carbons (Fsp3) is 0.381. The van der Waals surface area contributed by atoms with Crippen LogP contribution in [0.5, 0.6) is 0 Å². The second-order valence-corrected chi connectivity index (χ2v) is 6.73. The quantitative estimate of drug-likeness (QED) is 0.616. The van der Waals surface area contributed by atoms with Crippen LogP contribution >= 0.6 is 0 Å². The molecule has 2 aliphatic heterocycles. The number of hydrogen-bond acceptors (Lipinski definition) is 4. The lowest BCUT2D eigenvalue weighted by atomic mass is 9.96. The number of carbonyl (C=O) groups is 2. The molecule has 1 aromatic rings. The molecule has 0 bridgehead atoms. The third kappa shape index (κ3) is 3.34. The molecular weight excluding hydrogens is 326 g/mol. The van der Waals surface area contributed by atoms with Crippen LogP contribution in [0.15, 0.2) is 52.7 Å². The highest BCUT2D eigenvalue weighted by atomic mass is 16.2. The van der Waals surface area contributed by atoms with Gasteiger partial charge in [-0.3, -0.25) is 14.6 Å². The molecule has 136 valence electrons. The molecule has 0 N–H and O–H groups in total. The number of benzene rings is 1. The SMILES string of the molecule is C=C1CCCCN1c1ccc(N2CCC(C(C=O)=NC)=C(C)C2=O)cc1. The Kier molecular flexibility index (Phi) is 5.35. The van der Waals surface area contributed by atoms with Crippen molar-refractivity contribution in [2.75, 3.05) is 29.9 Å². The summed E-state index contributed by atoms with van der Waals surface area (Å²) in [4.78, 5) is 31.9. The average molecular weight is 351 g/mol. The van der Waals surface area contributed by atoms with E-state index in [0.717, 1.165) is 41.9 Å². The second-order valence-electron chi connectivity index (χ2n) is 6.73. The number of aliphatic imine (C=N–C) groups is 1. The molecule has 1 fully saturated rings. The Morgan fingerprint density at radius 1 is 1.08 bits per heavy atom. The van der Waals surface area contributed by atoms with Crippen LogP contribution in [0.2, 0.25) is 0 Å². The largest absolute Gasteiger partial charge is 0.346 e. The first kappa shape index (κ1) is 18.1. The zero-order chi connectivity index (χ0) is 18.7. The lowest BCUT2D eigenvalue weighted by Gasteiger charge is -2.32. The first-order valence-electron chi connectivity index (χ1n) is 9.06. The van der Waals surface area contributed by atoms with Crippen LogP contribution < -0.4 is 9.80 Å². The van der Waals surface area contributed by atoms with Crippen LogP contribution in [0, 0.1) is 0 Å². The molecule has 0 spiro atoms. The third-order valence-corrected chi connectivity index (χ3v) is 5.22. The van der Waals surface area contributed by atoms with Crippen molar-refractivity contribution in [3.8, 4) is 0 Å². The van der Waals surface area contributed by atoms with E-state index in [1.54, 1.807) is 18.9 Å². The van der Waals surface area contributed by atoms with Crippen LogP contribution in [-0.2, 0) is 9.59 Å². The number of anilines is 2. The number of hydrogen-bond donors (Lipinski definition) is 0. The van der Waals surface area contributed by atoms with Crippen LogP contribution in [0.3, 0.4) is 0 Å². The van der Waals surface area contributed by atoms with E-state index in [-0.39, 0.29) is 5.91 Å². The average Bonchev–Trinajstić information content (AvgIpc) is 2.67. The Bertz CT molecular complexity index is 790. The standard InChI is InChI=1S/C21H25N3O2/c1-15-6-4-5-12-23(15)17-7-9-18(10-8-17)24-13-11-19(16(2)21(24)26)20(14-25)22-3/h7-10,14H,1,4-6,11-13H2,2-3H3. The van der Waals surface area contributed by atoms with E-state index in [1.165, 1.54) is 12.8 Å². The summed E-state index contributed by atoms with van der Waals surface area (Å²) in [6, 6.07) is 8.08. The van der Waals surface area contributed by atoms with Crippen LogP contribution in [0.25, 0.3) is 0 Å². The maximum absolute atomic E-state index is 12.8. The van der Waals surface area contributed by atoms with Gasteiger partial charge in [-0.05, 0) is 62.4 Å². The molecule has 26 heavy (non-hydrogen) atoms. The number of aldehydes is 1. The van der Waals surface area contributed by atoms with E-state index in [0.29, 0.717) is 24.3 Å². The summed E-state index contributed by atoms with van der Waals surface area (Å²) in [6.45, 7) is 7.48. The number of allylic oxidation sites excluding steroid dienone is 1. The molecule has 1 saturated heterocycles. The Labute approximate surface area is 154 Å². The fourth-order valence-electron chi connectivity index (χ4n) is 3.69. The molecule has 0 atom stereocenters. The van der Waals surface area contributed by atoms with E-state index in [1.807, 2.05) is 12.1 Å². The lowest BCUT2D eigenvalue weighted by Crippen LogP contribution is -2.38. The van der Waals surface area contributed by atoms with Crippen molar-refractivity contribution >= 4 is 29.3 Å². The van der Waals surface area contributed by atoms with Gasteiger partial charge >= 0.3 is 0 Å². The van der Waals surface area contributed by atoms with Crippen LogP contribution in [0.1, 0.15) is 32.6 Å². The van der Waals surface area contributed by atoms with Crippen LogP contribution in [0.4, 0.5) is 11.4 Å². The molecule has 0 aliphatic carbocycles. The molecule has 1 aromatic carbocycles. The maximum Gasteiger partial charge on any atom is 0.254 e. The van der Waals surface area contributed by atoms with Crippen molar-refractivity contribution < 1.29 is 9.59 Å². The summed E-state index contributed by atoms with van der Waals surface area (Å²) in [6.07, 6.45) is 4.77. The van der Waals surface area contributed by atoms with Gasteiger partial charge in [0.25, 0.3) is 5.91 Å². The van der Waals surface area contributed by atoms with E-state index in [9.17, 15) is 9.59 Å². The molecule has 1 amide bonds.